The Morgan fingerprint density at radius 2 is 1.74 bits per heavy atom. The van der Waals surface area contributed by atoms with Crippen LogP contribution in [0.5, 0.6) is 11.5 Å². The van der Waals surface area contributed by atoms with Crippen LogP contribution in [0.4, 0.5) is 5.69 Å². The third-order valence-electron chi connectivity index (χ3n) is 3.73. The van der Waals surface area contributed by atoms with Gasteiger partial charge in [-0.3, -0.25) is 14.9 Å². The van der Waals surface area contributed by atoms with Crippen LogP contribution in [0.15, 0.2) is 12.1 Å². The van der Waals surface area contributed by atoms with Crippen LogP contribution in [-0.4, -0.2) is 54.1 Å². The fourth-order valence-corrected chi connectivity index (χ4v) is 2.74. The van der Waals surface area contributed by atoms with Crippen molar-refractivity contribution in [3.8, 4) is 11.5 Å². The molecule has 0 N–H and O–H groups in total. The lowest BCUT2D eigenvalue weighted by Gasteiger charge is -2.30. The van der Waals surface area contributed by atoms with E-state index in [-0.39, 0.29) is 41.7 Å². The number of rotatable bonds is 9. The Morgan fingerprint density at radius 1 is 1.15 bits per heavy atom. The Bertz CT molecular complexity index is 693. The van der Waals surface area contributed by atoms with Crippen molar-refractivity contribution in [2.75, 3.05) is 20.3 Å². The van der Waals surface area contributed by atoms with Crippen molar-refractivity contribution >= 4 is 17.6 Å². The number of nitro benzene ring substituents is 1. The third-order valence-corrected chi connectivity index (χ3v) is 3.73. The van der Waals surface area contributed by atoms with Crippen LogP contribution in [0.1, 0.15) is 45.0 Å². The molecule has 0 spiro atoms. The van der Waals surface area contributed by atoms with Crippen LogP contribution >= 0.6 is 0 Å². The van der Waals surface area contributed by atoms with Gasteiger partial charge in [0.2, 0.25) is 0 Å². The van der Waals surface area contributed by atoms with Crippen molar-refractivity contribution < 1.29 is 28.7 Å². The SMILES string of the molecule is CCOc1cc(C(=O)OCC(=O)N(C(C)C)C(C)C)c([N+](=O)[O-])cc1OC. The molecule has 1 aromatic carbocycles. The van der Waals surface area contributed by atoms with Gasteiger partial charge in [-0.15, -0.1) is 0 Å². The third kappa shape index (κ3) is 5.57. The molecule has 27 heavy (non-hydrogen) atoms. The molecule has 9 heteroatoms. The molecular weight excluding hydrogens is 356 g/mol. The van der Waals surface area contributed by atoms with E-state index in [1.54, 1.807) is 11.8 Å². The Labute approximate surface area is 158 Å². The largest absolute Gasteiger partial charge is 0.493 e. The number of esters is 1. The molecule has 0 unspecified atom stereocenters. The van der Waals surface area contributed by atoms with Crippen molar-refractivity contribution in [2.24, 2.45) is 0 Å². The second-order valence-corrected chi connectivity index (χ2v) is 6.27. The van der Waals surface area contributed by atoms with Crippen molar-refractivity contribution in [2.45, 2.75) is 46.7 Å². The summed E-state index contributed by atoms with van der Waals surface area (Å²) in [6.45, 7) is 8.89. The average molecular weight is 382 g/mol. The number of ether oxygens (including phenoxy) is 3. The summed E-state index contributed by atoms with van der Waals surface area (Å²) in [4.78, 5) is 36.9. The van der Waals surface area contributed by atoms with Crippen LogP contribution in [0.25, 0.3) is 0 Å². The first-order chi connectivity index (χ1) is 12.6. The van der Waals surface area contributed by atoms with E-state index in [2.05, 4.69) is 0 Å². The molecule has 1 amide bonds. The highest BCUT2D eigenvalue weighted by Crippen LogP contribution is 2.35. The molecule has 0 radical (unpaired) electrons. The van der Waals surface area contributed by atoms with Gasteiger partial charge in [0.15, 0.2) is 18.1 Å². The highest BCUT2D eigenvalue weighted by Gasteiger charge is 2.27. The summed E-state index contributed by atoms with van der Waals surface area (Å²) in [6, 6.07) is 2.14. The quantitative estimate of drug-likeness (QED) is 0.367. The van der Waals surface area contributed by atoms with Gasteiger partial charge in [0.05, 0.1) is 24.7 Å². The first-order valence-electron chi connectivity index (χ1n) is 8.61. The molecule has 1 rings (SSSR count). The van der Waals surface area contributed by atoms with Gasteiger partial charge >= 0.3 is 5.97 Å². The summed E-state index contributed by atoms with van der Waals surface area (Å²) >= 11 is 0. The number of amides is 1. The van der Waals surface area contributed by atoms with E-state index < -0.39 is 23.2 Å². The zero-order valence-corrected chi connectivity index (χ0v) is 16.5. The molecule has 0 aromatic heterocycles. The predicted octanol–water partition coefficient (Wildman–Crippen LogP) is 2.80. The minimum Gasteiger partial charge on any atom is -0.493 e. The molecule has 0 aliphatic carbocycles. The van der Waals surface area contributed by atoms with Gasteiger partial charge < -0.3 is 19.1 Å². The molecule has 0 atom stereocenters. The zero-order valence-electron chi connectivity index (χ0n) is 16.5. The molecule has 0 aliphatic heterocycles. The predicted molar refractivity (Wildman–Crippen MR) is 98.2 cm³/mol. The van der Waals surface area contributed by atoms with E-state index in [1.165, 1.54) is 13.2 Å². The van der Waals surface area contributed by atoms with Gasteiger partial charge in [-0.1, -0.05) is 0 Å². The molecule has 0 bridgehead atoms. The zero-order chi connectivity index (χ0) is 20.7. The fraction of sp³-hybridized carbons (Fsp3) is 0.556. The molecule has 9 nitrogen and oxygen atoms in total. The minimum atomic E-state index is -0.980. The molecule has 0 aliphatic rings. The van der Waals surface area contributed by atoms with Gasteiger partial charge in [-0.2, -0.15) is 0 Å². The van der Waals surface area contributed by atoms with Gasteiger partial charge in [0.25, 0.3) is 11.6 Å². The monoisotopic (exact) mass is 382 g/mol. The lowest BCUT2D eigenvalue weighted by Crippen LogP contribution is -2.44. The van der Waals surface area contributed by atoms with Crippen molar-refractivity contribution in [1.29, 1.82) is 0 Å². The van der Waals surface area contributed by atoms with Gasteiger partial charge in [0.1, 0.15) is 5.56 Å². The Kier molecular flexibility index (Phi) is 8.01. The standard InChI is InChI=1S/C18H26N2O7/c1-7-26-16-8-13(14(20(23)24)9-15(16)25-6)18(22)27-10-17(21)19(11(2)3)12(4)5/h8-9,11-12H,7,10H2,1-6H3. The number of nitrogens with zero attached hydrogens (tertiary/aromatic N) is 2. The van der Waals surface area contributed by atoms with E-state index in [1.807, 2.05) is 27.7 Å². The van der Waals surface area contributed by atoms with E-state index in [0.717, 1.165) is 6.07 Å². The second kappa shape index (κ2) is 9.75. The van der Waals surface area contributed by atoms with Gasteiger partial charge in [-0.25, -0.2) is 4.79 Å². The number of methoxy groups -OCH3 is 1. The maximum absolute atomic E-state index is 12.4. The first-order valence-corrected chi connectivity index (χ1v) is 8.61. The number of nitro groups is 1. The van der Waals surface area contributed by atoms with Crippen LogP contribution in [0, 0.1) is 10.1 Å². The molecule has 1 aromatic rings. The van der Waals surface area contributed by atoms with Crippen LogP contribution in [-0.2, 0) is 9.53 Å². The summed E-state index contributed by atoms with van der Waals surface area (Å²) in [6.07, 6.45) is 0. The van der Waals surface area contributed by atoms with Gasteiger partial charge in [-0.05, 0) is 34.6 Å². The van der Waals surface area contributed by atoms with Crippen LogP contribution < -0.4 is 9.47 Å². The Morgan fingerprint density at radius 3 is 2.19 bits per heavy atom. The van der Waals surface area contributed by atoms with Gasteiger partial charge in [0, 0.05) is 18.2 Å². The van der Waals surface area contributed by atoms with E-state index in [9.17, 15) is 19.7 Å². The maximum Gasteiger partial charge on any atom is 0.345 e. The number of benzene rings is 1. The topological polar surface area (TPSA) is 108 Å². The van der Waals surface area contributed by atoms with E-state index >= 15 is 0 Å². The van der Waals surface area contributed by atoms with Crippen molar-refractivity contribution in [3.05, 3.63) is 27.8 Å². The van der Waals surface area contributed by atoms with E-state index in [4.69, 9.17) is 14.2 Å². The van der Waals surface area contributed by atoms with Crippen molar-refractivity contribution in [3.63, 3.8) is 0 Å². The summed E-state index contributed by atoms with van der Waals surface area (Å²) in [5.74, 6) is -1.06. The highest BCUT2D eigenvalue weighted by atomic mass is 16.6. The molecule has 150 valence electrons. The normalized spacial score (nSPS) is 10.7. The maximum atomic E-state index is 12.4. The van der Waals surface area contributed by atoms with Crippen LogP contribution in [0.3, 0.4) is 0 Å². The fourth-order valence-electron chi connectivity index (χ4n) is 2.74. The number of hydrogen-bond donors (Lipinski definition) is 0. The lowest BCUT2D eigenvalue weighted by molar-refractivity contribution is -0.385. The Hall–Kier alpha value is -2.84. The van der Waals surface area contributed by atoms with E-state index in [0.29, 0.717) is 0 Å². The highest BCUT2D eigenvalue weighted by molar-refractivity contribution is 5.96. The number of carbonyl (C=O) groups is 2. The summed E-state index contributed by atoms with van der Waals surface area (Å²) in [5, 5.41) is 11.3. The van der Waals surface area contributed by atoms with Crippen molar-refractivity contribution in [1.82, 2.24) is 4.90 Å². The summed E-state index contributed by atoms with van der Waals surface area (Å²) in [5.41, 5.74) is -0.796. The second-order valence-electron chi connectivity index (χ2n) is 6.27. The molecule has 0 saturated heterocycles. The number of hydrogen-bond acceptors (Lipinski definition) is 7. The minimum absolute atomic E-state index is 0.0731. The number of carbonyl (C=O) groups excluding carboxylic acids is 2. The van der Waals surface area contributed by atoms with Crippen LogP contribution in [0.2, 0.25) is 0 Å². The Balaban J connectivity index is 3.10. The summed E-state index contributed by atoms with van der Waals surface area (Å²) in [7, 11) is 1.34. The molecule has 0 saturated carbocycles. The first kappa shape index (κ1) is 22.2. The smallest absolute Gasteiger partial charge is 0.345 e. The average Bonchev–Trinajstić information content (AvgIpc) is 2.58. The summed E-state index contributed by atoms with van der Waals surface area (Å²) < 4.78 is 15.5. The molecule has 0 heterocycles. The lowest BCUT2D eigenvalue weighted by atomic mass is 10.1. The molecule has 0 fully saturated rings. The molecular formula is C18H26N2O7.